The maximum absolute atomic E-state index is 8.98. The third-order valence-corrected chi connectivity index (χ3v) is 3.40. The SMILES string of the molecule is COc1ccc(C)cc1COc1c(C)cc(C#N)cc1C. The highest BCUT2D eigenvalue weighted by atomic mass is 16.5. The number of aryl methyl sites for hydroxylation is 3. The highest BCUT2D eigenvalue weighted by molar-refractivity contribution is 5.47. The van der Waals surface area contributed by atoms with Gasteiger partial charge in [-0.15, -0.1) is 0 Å². The van der Waals surface area contributed by atoms with E-state index in [0.717, 1.165) is 28.2 Å². The molecule has 2 aromatic carbocycles. The highest BCUT2D eigenvalue weighted by Gasteiger charge is 2.09. The van der Waals surface area contributed by atoms with Crippen LogP contribution in [0.3, 0.4) is 0 Å². The van der Waals surface area contributed by atoms with E-state index in [1.807, 2.05) is 45.0 Å². The van der Waals surface area contributed by atoms with Crippen molar-refractivity contribution in [3.05, 3.63) is 58.1 Å². The molecule has 0 saturated carbocycles. The van der Waals surface area contributed by atoms with Gasteiger partial charge in [0.05, 0.1) is 18.7 Å². The molecule has 0 bridgehead atoms. The first-order chi connectivity index (χ1) is 10.0. The van der Waals surface area contributed by atoms with E-state index in [2.05, 4.69) is 12.1 Å². The Bertz CT molecular complexity index is 676. The average Bonchev–Trinajstić information content (AvgIpc) is 2.46. The lowest BCUT2D eigenvalue weighted by Crippen LogP contribution is -2.02. The lowest BCUT2D eigenvalue weighted by molar-refractivity contribution is 0.293. The molecule has 0 heterocycles. The zero-order chi connectivity index (χ0) is 15.4. The number of nitrogens with zero attached hydrogens (tertiary/aromatic N) is 1. The van der Waals surface area contributed by atoms with Gasteiger partial charge in [0.15, 0.2) is 0 Å². The summed E-state index contributed by atoms with van der Waals surface area (Å²) in [5.41, 5.74) is 4.78. The Morgan fingerprint density at radius 1 is 1.05 bits per heavy atom. The van der Waals surface area contributed by atoms with Crippen molar-refractivity contribution < 1.29 is 9.47 Å². The van der Waals surface area contributed by atoms with Crippen LogP contribution in [0.25, 0.3) is 0 Å². The van der Waals surface area contributed by atoms with Gasteiger partial charge in [-0.3, -0.25) is 0 Å². The van der Waals surface area contributed by atoms with Crippen molar-refractivity contribution in [1.82, 2.24) is 0 Å². The lowest BCUT2D eigenvalue weighted by atomic mass is 10.1. The first-order valence-corrected chi connectivity index (χ1v) is 6.83. The molecule has 0 amide bonds. The molecule has 3 nitrogen and oxygen atoms in total. The van der Waals surface area contributed by atoms with E-state index in [4.69, 9.17) is 14.7 Å². The van der Waals surface area contributed by atoms with Gasteiger partial charge in [-0.1, -0.05) is 11.6 Å². The van der Waals surface area contributed by atoms with Gasteiger partial charge < -0.3 is 9.47 Å². The van der Waals surface area contributed by atoms with Gasteiger partial charge >= 0.3 is 0 Å². The number of hydrogen-bond donors (Lipinski definition) is 0. The minimum atomic E-state index is 0.443. The Morgan fingerprint density at radius 3 is 2.29 bits per heavy atom. The molecule has 0 aliphatic carbocycles. The van der Waals surface area contributed by atoms with E-state index in [0.29, 0.717) is 12.2 Å². The maximum atomic E-state index is 8.98. The predicted octanol–water partition coefficient (Wildman–Crippen LogP) is 4.07. The molecule has 0 saturated heterocycles. The second kappa shape index (κ2) is 6.32. The number of benzene rings is 2. The van der Waals surface area contributed by atoms with E-state index in [1.54, 1.807) is 7.11 Å². The summed E-state index contributed by atoms with van der Waals surface area (Å²) in [7, 11) is 1.66. The fourth-order valence-corrected chi connectivity index (χ4v) is 2.41. The van der Waals surface area contributed by atoms with Crippen LogP contribution >= 0.6 is 0 Å². The fourth-order valence-electron chi connectivity index (χ4n) is 2.41. The van der Waals surface area contributed by atoms with Crippen LogP contribution in [0.2, 0.25) is 0 Å². The summed E-state index contributed by atoms with van der Waals surface area (Å²) in [5, 5.41) is 8.98. The second-order valence-electron chi connectivity index (χ2n) is 5.15. The van der Waals surface area contributed by atoms with Crippen molar-refractivity contribution >= 4 is 0 Å². The minimum absolute atomic E-state index is 0.443. The van der Waals surface area contributed by atoms with E-state index in [1.165, 1.54) is 5.56 Å². The van der Waals surface area contributed by atoms with Gasteiger partial charge in [0, 0.05) is 5.56 Å². The molecule has 21 heavy (non-hydrogen) atoms. The number of nitriles is 1. The normalized spacial score (nSPS) is 10.0. The van der Waals surface area contributed by atoms with Crippen molar-refractivity contribution in [3.63, 3.8) is 0 Å². The van der Waals surface area contributed by atoms with Crippen molar-refractivity contribution in [3.8, 4) is 17.6 Å². The molecule has 0 spiro atoms. The van der Waals surface area contributed by atoms with E-state index in [9.17, 15) is 0 Å². The molecular formula is C18H19NO2. The topological polar surface area (TPSA) is 42.2 Å². The van der Waals surface area contributed by atoms with Gasteiger partial charge in [0.2, 0.25) is 0 Å². The van der Waals surface area contributed by atoms with Gasteiger partial charge in [-0.05, 0) is 56.2 Å². The lowest BCUT2D eigenvalue weighted by Gasteiger charge is -2.15. The monoisotopic (exact) mass is 281 g/mol. The molecule has 3 heteroatoms. The number of rotatable bonds is 4. The summed E-state index contributed by atoms with van der Waals surface area (Å²) in [4.78, 5) is 0. The third-order valence-electron chi connectivity index (χ3n) is 3.40. The summed E-state index contributed by atoms with van der Waals surface area (Å²) in [6.45, 7) is 6.40. The van der Waals surface area contributed by atoms with Gasteiger partial charge in [0.25, 0.3) is 0 Å². The Morgan fingerprint density at radius 2 is 1.71 bits per heavy atom. The Balaban J connectivity index is 2.25. The molecule has 2 rings (SSSR count). The molecule has 0 N–H and O–H groups in total. The largest absolute Gasteiger partial charge is 0.496 e. The number of ether oxygens (including phenoxy) is 2. The van der Waals surface area contributed by atoms with Gasteiger partial charge in [-0.2, -0.15) is 5.26 Å². The summed E-state index contributed by atoms with van der Waals surface area (Å²) >= 11 is 0. The highest BCUT2D eigenvalue weighted by Crippen LogP contribution is 2.27. The van der Waals surface area contributed by atoms with Crippen molar-refractivity contribution in [2.24, 2.45) is 0 Å². The molecule has 0 unspecified atom stereocenters. The number of hydrogen-bond acceptors (Lipinski definition) is 3. The Labute approximate surface area is 125 Å². The molecule has 108 valence electrons. The predicted molar refractivity (Wildman–Crippen MR) is 82.7 cm³/mol. The first-order valence-electron chi connectivity index (χ1n) is 6.83. The molecule has 0 radical (unpaired) electrons. The molecule has 0 fully saturated rings. The number of methoxy groups -OCH3 is 1. The smallest absolute Gasteiger partial charge is 0.125 e. The third kappa shape index (κ3) is 3.35. The molecule has 0 atom stereocenters. The van der Waals surface area contributed by atoms with Gasteiger partial charge in [0.1, 0.15) is 18.1 Å². The summed E-state index contributed by atoms with van der Waals surface area (Å²) < 4.78 is 11.3. The van der Waals surface area contributed by atoms with Gasteiger partial charge in [-0.25, -0.2) is 0 Å². The molecule has 2 aromatic rings. The van der Waals surface area contributed by atoms with Crippen LogP contribution in [0.1, 0.15) is 27.8 Å². The van der Waals surface area contributed by atoms with Crippen LogP contribution in [-0.2, 0) is 6.61 Å². The van der Waals surface area contributed by atoms with Crippen LogP contribution in [-0.4, -0.2) is 7.11 Å². The van der Waals surface area contributed by atoms with E-state index >= 15 is 0 Å². The minimum Gasteiger partial charge on any atom is -0.496 e. The molecule has 0 aliphatic rings. The van der Waals surface area contributed by atoms with Crippen molar-refractivity contribution in [1.29, 1.82) is 5.26 Å². The Hall–Kier alpha value is -2.47. The van der Waals surface area contributed by atoms with Crippen LogP contribution in [0.5, 0.6) is 11.5 Å². The van der Waals surface area contributed by atoms with E-state index < -0.39 is 0 Å². The van der Waals surface area contributed by atoms with Crippen LogP contribution < -0.4 is 9.47 Å². The zero-order valence-electron chi connectivity index (χ0n) is 12.9. The molecule has 0 aliphatic heterocycles. The summed E-state index contributed by atoms with van der Waals surface area (Å²) in [6, 6.07) is 11.9. The van der Waals surface area contributed by atoms with Crippen molar-refractivity contribution in [2.45, 2.75) is 27.4 Å². The maximum Gasteiger partial charge on any atom is 0.125 e. The van der Waals surface area contributed by atoms with Crippen molar-refractivity contribution in [2.75, 3.05) is 7.11 Å². The van der Waals surface area contributed by atoms with Crippen LogP contribution in [0, 0.1) is 32.1 Å². The standard InChI is InChI=1S/C18H19NO2/c1-12-5-6-17(20-4)16(7-12)11-21-18-13(2)8-15(10-19)9-14(18)3/h5-9H,11H2,1-4H3. The summed E-state index contributed by atoms with van der Waals surface area (Å²) in [5.74, 6) is 1.65. The van der Waals surface area contributed by atoms with Crippen LogP contribution in [0.4, 0.5) is 0 Å². The van der Waals surface area contributed by atoms with E-state index in [-0.39, 0.29) is 0 Å². The quantitative estimate of drug-likeness (QED) is 0.848. The molecule has 0 aromatic heterocycles. The summed E-state index contributed by atoms with van der Waals surface area (Å²) in [6.07, 6.45) is 0. The second-order valence-corrected chi connectivity index (χ2v) is 5.15. The zero-order valence-corrected chi connectivity index (χ0v) is 12.9. The fraction of sp³-hybridized carbons (Fsp3) is 0.278. The molecular weight excluding hydrogens is 262 g/mol. The van der Waals surface area contributed by atoms with Crippen LogP contribution in [0.15, 0.2) is 30.3 Å². The average molecular weight is 281 g/mol. The Kier molecular flexibility index (Phi) is 4.49. The first kappa shape index (κ1) is 14.9.